The van der Waals surface area contributed by atoms with Gasteiger partial charge in [-0.25, -0.2) is 19.8 Å². The Morgan fingerprint density at radius 3 is 1.19 bits per heavy atom. The molecule has 21 rings (SSSR count). The quantitative estimate of drug-likeness (QED) is 0.128. The van der Waals surface area contributed by atoms with Crippen molar-refractivity contribution in [2.75, 3.05) is 0 Å². The lowest BCUT2D eigenvalue weighted by Gasteiger charge is -2.25. The molecule has 21 aromatic rings. The number of benzene rings is 15. The maximum atomic E-state index is 9.67. The summed E-state index contributed by atoms with van der Waals surface area (Å²) in [4.78, 5) is 21.7. The number of rotatable bonds is 10. The fourth-order valence-electron chi connectivity index (χ4n) is 15.9. The molecule has 0 aliphatic heterocycles. The zero-order chi connectivity index (χ0) is 67.8. The van der Waals surface area contributed by atoms with E-state index in [1.165, 1.54) is 4.70 Å². The second-order valence-corrected chi connectivity index (χ2v) is 27.4. The molecular weight excluding hydrogens is 1280 g/mol. The maximum Gasteiger partial charge on any atom is 0.197 e. The van der Waals surface area contributed by atoms with Gasteiger partial charge in [0, 0.05) is 74.7 Å². The summed E-state index contributed by atoms with van der Waals surface area (Å²) in [6.45, 7) is 9.67. The molecular formula is C94H54N6O2S. The SMILES string of the molecule is [C-]#[N+]c1cc(-c2nc(-c3ccccc3)nc(-c3cccc4sc5ccccc5c34)n2)c(-n2c3ccc(-c4ccccc4)cc3c3c4oc5ccc(-c6ccccc6)cc5c4ccc32)c(-n2c3ccc(-c4ccccc4)cc3c3c4oc5ccc(-c6ccccc6)cc5c4ccc32)c1-c1ccccc1. The molecule has 0 saturated heterocycles. The zero-order valence-corrected chi connectivity index (χ0v) is 55.9. The zero-order valence-electron chi connectivity index (χ0n) is 55.1. The first-order valence-corrected chi connectivity index (χ1v) is 35.3. The van der Waals surface area contributed by atoms with Gasteiger partial charge in [0.25, 0.3) is 0 Å². The van der Waals surface area contributed by atoms with E-state index in [2.05, 4.69) is 311 Å². The Bertz CT molecular complexity index is 7090. The topological polar surface area (TPSA) is 79.2 Å². The van der Waals surface area contributed by atoms with Gasteiger partial charge in [0.05, 0.1) is 50.8 Å². The summed E-state index contributed by atoms with van der Waals surface area (Å²) in [5.41, 5.74) is 21.1. The molecule has 0 radical (unpaired) electrons. The van der Waals surface area contributed by atoms with E-state index in [9.17, 15) is 6.57 Å². The second kappa shape index (κ2) is 23.2. The van der Waals surface area contributed by atoms with E-state index in [0.717, 1.165) is 181 Å². The Kier molecular flexibility index (Phi) is 13.1. The predicted molar refractivity (Wildman–Crippen MR) is 426 cm³/mol. The fourth-order valence-corrected chi connectivity index (χ4v) is 17.1. The first-order valence-electron chi connectivity index (χ1n) is 34.5. The van der Waals surface area contributed by atoms with Crippen LogP contribution in [0.15, 0.2) is 336 Å². The van der Waals surface area contributed by atoms with E-state index in [4.69, 9.17) is 23.8 Å². The molecule has 0 atom stereocenters. The van der Waals surface area contributed by atoms with Gasteiger partial charge in [-0.2, -0.15) is 0 Å². The smallest absolute Gasteiger partial charge is 0.197 e. The Labute approximate surface area is 594 Å². The van der Waals surface area contributed by atoms with Crippen LogP contribution in [0.1, 0.15) is 0 Å². The summed E-state index contributed by atoms with van der Waals surface area (Å²) in [7, 11) is 0. The van der Waals surface area contributed by atoms with Gasteiger partial charge in [0.1, 0.15) is 22.3 Å². The molecule has 0 bridgehead atoms. The number of aromatic nitrogens is 5. The summed E-state index contributed by atoms with van der Waals surface area (Å²) in [5, 5.41) is 10.0. The molecule has 0 fully saturated rings. The van der Waals surface area contributed by atoms with Crippen molar-refractivity contribution >= 4 is 125 Å². The van der Waals surface area contributed by atoms with Crippen LogP contribution in [0.4, 0.5) is 5.69 Å². The molecule has 15 aromatic carbocycles. The van der Waals surface area contributed by atoms with Crippen LogP contribution in [-0.4, -0.2) is 24.1 Å². The van der Waals surface area contributed by atoms with Crippen molar-refractivity contribution in [2.45, 2.75) is 0 Å². The summed E-state index contributed by atoms with van der Waals surface area (Å²) in [6, 6.07) is 115. The van der Waals surface area contributed by atoms with Crippen LogP contribution in [0.2, 0.25) is 0 Å². The van der Waals surface area contributed by atoms with Crippen molar-refractivity contribution in [3.05, 3.63) is 339 Å². The maximum absolute atomic E-state index is 9.67. The Balaban J connectivity index is 0.963. The van der Waals surface area contributed by atoms with Crippen LogP contribution in [0, 0.1) is 6.57 Å². The molecule has 0 amide bonds. The molecule has 0 N–H and O–H groups in total. The van der Waals surface area contributed by atoms with Crippen molar-refractivity contribution in [1.29, 1.82) is 0 Å². The minimum Gasteiger partial charge on any atom is -0.455 e. The highest BCUT2D eigenvalue weighted by atomic mass is 32.1. The third-order valence-electron chi connectivity index (χ3n) is 20.6. The third-order valence-corrected chi connectivity index (χ3v) is 21.7. The molecule has 6 aromatic heterocycles. The van der Waals surface area contributed by atoms with Crippen LogP contribution in [0.3, 0.4) is 0 Å². The lowest BCUT2D eigenvalue weighted by molar-refractivity contribution is 0.672. The van der Waals surface area contributed by atoms with Gasteiger partial charge in [0.15, 0.2) is 23.2 Å². The summed E-state index contributed by atoms with van der Waals surface area (Å²) in [6.07, 6.45) is 0. The largest absolute Gasteiger partial charge is 0.455 e. The van der Waals surface area contributed by atoms with E-state index < -0.39 is 0 Å². The Hall–Kier alpha value is -13.8. The van der Waals surface area contributed by atoms with Gasteiger partial charge in [-0.1, -0.05) is 237 Å². The van der Waals surface area contributed by atoms with E-state index in [1.54, 1.807) is 11.3 Å². The highest BCUT2D eigenvalue weighted by Gasteiger charge is 2.33. The van der Waals surface area contributed by atoms with E-state index in [0.29, 0.717) is 28.7 Å². The number of hydrogen-bond acceptors (Lipinski definition) is 6. The van der Waals surface area contributed by atoms with Crippen LogP contribution in [0.5, 0.6) is 0 Å². The fraction of sp³-hybridized carbons (Fsp3) is 0. The van der Waals surface area contributed by atoms with Crippen molar-refractivity contribution in [1.82, 2.24) is 24.1 Å². The molecule has 0 aliphatic carbocycles. The van der Waals surface area contributed by atoms with Crippen LogP contribution < -0.4 is 0 Å². The van der Waals surface area contributed by atoms with E-state index in [1.807, 2.05) is 30.3 Å². The van der Waals surface area contributed by atoms with Gasteiger partial charge < -0.3 is 18.0 Å². The Morgan fingerprint density at radius 2 is 0.689 bits per heavy atom. The first-order chi connectivity index (χ1) is 51.0. The lowest BCUT2D eigenvalue weighted by Crippen LogP contribution is -2.10. The van der Waals surface area contributed by atoms with Gasteiger partial charge in [-0.15, -0.1) is 11.3 Å². The minimum absolute atomic E-state index is 0.386. The molecule has 0 spiro atoms. The highest BCUT2D eigenvalue weighted by Crippen LogP contribution is 2.53. The number of thiophene rings is 1. The molecule has 6 heterocycles. The van der Waals surface area contributed by atoms with Crippen molar-refractivity contribution in [3.8, 4) is 101 Å². The number of hydrogen-bond donors (Lipinski definition) is 0. The molecule has 8 nitrogen and oxygen atoms in total. The van der Waals surface area contributed by atoms with Crippen LogP contribution in [0.25, 0.3) is 214 Å². The van der Waals surface area contributed by atoms with Gasteiger partial charge in [0.2, 0.25) is 0 Å². The summed E-state index contributed by atoms with van der Waals surface area (Å²) >= 11 is 1.76. The monoisotopic (exact) mass is 1330 g/mol. The van der Waals surface area contributed by atoms with E-state index >= 15 is 0 Å². The van der Waals surface area contributed by atoms with Crippen molar-refractivity contribution in [3.63, 3.8) is 0 Å². The molecule has 103 heavy (non-hydrogen) atoms. The van der Waals surface area contributed by atoms with Crippen molar-refractivity contribution < 1.29 is 8.83 Å². The standard InChI is InChI=1S/C94H54N6O2S/c1-95-75-55-74(94-97-92(61-33-18-7-19-34-61)96-93(98-94)69-36-22-38-83-85(69)68-35-20-21-37-82(68)103-83)88(99-76-45-39-62(56-23-8-2-9-24-56)53-72(76)86-78(99)47-43-66-70-51-64(58-27-12-4-13-28-58)41-49-80(70)101-90(66)86)89(84(75)60-31-16-6-17-32-60)100-77-46-40-63(57-25-10-3-11-26-57)54-73(77)87-79(100)48-44-67-71-52-65(59-29-14-5-15-30-59)42-50-81(71)102-91(67)87/h2-55H. The van der Waals surface area contributed by atoms with Gasteiger partial charge >= 0.3 is 0 Å². The van der Waals surface area contributed by atoms with E-state index in [-0.39, 0.29) is 0 Å². The average molecular weight is 1330 g/mol. The van der Waals surface area contributed by atoms with Crippen LogP contribution in [-0.2, 0) is 0 Å². The van der Waals surface area contributed by atoms with Gasteiger partial charge in [-0.05, 0) is 141 Å². The lowest BCUT2D eigenvalue weighted by atomic mass is 9.95. The van der Waals surface area contributed by atoms with Gasteiger partial charge in [-0.3, -0.25) is 0 Å². The average Bonchev–Trinajstić information content (AvgIpc) is 1.56. The third kappa shape index (κ3) is 9.18. The molecule has 0 aliphatic rings. The minimum atomic E-state index is 0.386. The van der Waals surface area contributed by atoms with Crippen LogP contribution >= 0.6 is 11.3 Å². The molecule has 0 unspecified atom stereocenters. The Morgan fingerprint density at radius 1 is 0.282 bits per heavy atom. The first kappa shape index (κ1) is 58.2. The molecule has 0 saturated carbocycles. The molecule has 478 valence electrons. The van der Waals surface area contributed by atoms with Crippen molar-refractivity contribution in [2.24, 2.45) is 0 Å². The second-order valence-electron chi connectivity index (χ2n) is 26.3. The highest BCUT2D eigenvalue weighted by molar-refractivity contribution is 7.26. The summed E-state index contributed by atoms with van der Waals surface area (Å²) < 4.78 is 21.8. The molecule has 9 heteroatoms. The number of nitrogens with zero attached hydrogens (tertiary/aromatic N) is 6. The number of fused-ring (bicyclic) bond motifs is 17. The predicted octanol–water partition coefficient (Wildman–Crippen LogP) is 26.1. The normalized spacial score (nSPS) is 11.9. The number of furan rings is 2. The summed E-state index contributed by atoms with van der Waals surface area (Å²) in [5.74, 6) is 1.38.